The van der Waals surface area contributed by atoms with Crippen molar-refractivity contribution in [2.24, 2.45) is 0 Å². The van der Waals surface area contributed by atoms with Crippen LogP contribution in [0.3, 0.4) is 0 Å². The number of benzene rings is 1. The van der Waals surface area contributed by atoms with Gasteiger partial charge in [-0.1, -0.05) is 52.2 Å². The van der Waals surface area contributed by atoms with Crippen LogP contribution < -0.4 is 15.5 Å². The van der Waals surface area contributed by atoms with E-state index in [9.17, 15) is 14.7 Å². The van der Waals surface area contributed by atoms with E-state index in [1.165, 1.54) is 18.3 Å². The Bertz CT molecular complexity index is 1150. The molecule has 1 aliphatic heterocycles. The molecule has 1 saturated carbocycles. The predicted molar refractivity (Wildman–Crippen MR) is 140 cm³/mol. The predicted octanol–water partition coefficient (Wildman–Crippen LogP) is 3.74. The molecule has 1 aromatic carbocycles. The Kier molecular flexibility index (Phi) is 8.32. The number of carbonyl (C=O) groups excluding carboxylic acids is 2. The lowest BCUT2D eigenvalue weighted by Crippen LogP contribution is -2.69. The summed E-state index contributed by atoms with van der Waals surface area (Å²) < 4.78 is 46.8. The summed E-state index contributed by atoms with van der Waals surface area (Å²) in [5, 5.41) is 15.5. The van der Waals surface area contributed by atoms with Gasteiger partial charge in [-0.3, -0.25) is 24.5 Å². The van der Waals surface area contributed by atoms with E-state index in [1.807, 2.05) is 20.8 Å². The van der Waals surface area contributed by atoms with E-state index in [-0.39, 0.29) is 24.1 Å². The molecule has 2 amide bonds. The third-order valence-corrected chi connectivity index (χ3v) is 7.57. The highest BCUT2D eigenvalue weighted by Crippen LogP contribution is 2.47. The van der Waals surface area contributed by atoms with Gasteiger partial charge in [-0.05, 0) is 42.4 Å². The number of hydrogen-bond donors (Lipinski definition) is 3. The Labute approximate surface area is 226 Å². The molecule has 2 fully saturated rings. The zero-order chi connectivity index (χ0) is 28.4. The van der Waals surface area contributed by atoms with Crippen molar-refractivity contribution in [1.82, 2.24) is 20.6 Å². The number of aliphatic hydroxyl groups is 1. The van der Waals surface area contributed by atoms with Crippen molar-refractivity contribution in [3.8, 4) is 0 Å². The first-order chi connectivity index (χ1) is 18.4. The minimum Gasteiger partial charge on any atom is -0.392 e. The van der Waals surface area contributed by atoms with Gasteiger partial charge < -0.3 is 15.7 Å². The molecule has 0 radical (unpaired) electrons. The van der Waals surface area contributed by atoms with Crippen LogP contribution in [0.2, 0.25) is 0 Å². The van der Waals surface area contributed by atoms with E-state index in [2.05, 4.69) is 20.6 Å². The van der Waals surface area contributed by atoms with Crippen LogP contribution in [0.1, 0.15) is 70.6 Å². The van der Waals surface area contributed by atoms with Crippen LogP contribution >= 0.6 is 0 Å². The van der Waals surface area contributed by atoms with Gasteiger partial charge in [0.1, 0.15) is 5.69 Å². The molecule has 1 unspecified atom stereocenters. The summed E-state index contributed by atoms with van der Waals surface area (Å²) >= 11 is 0. The first-order valence-corrected chi connectivity index (χ1v) is 13.4. The van der Waals surface area contributed by atoms with E-state index in [0.29, 0.717) is 17.7 Å². The molecular weight excluding hydrogens is 511 g/mol. The maximum absolute atomic E-state index is 15.6. The van der Waals surface area contributed by atoms with Crippen LogP contribution in [0.4, 0.5) is 18.9 Å². The summed E-state index contributed by atoms with van der Waals surface area (Å²) in [5.74, 6) is -2.37. The van der Waals surface area contributed by atoms with Gasteiger partial charge >= 0.3 is 6.18 Å². The lowest BCUT2D eigenvalue weighted by atomic mass is 9.85. The van der Waals surface area contributed by atoms with Gasteiger partial charge in [0.05, 0.1) is 18.3 Å². The van der Waals surface area contributed by atoms with Crippen molar-refractivity contribution in [2.45, 2.75) is 94.6 Å². The highest BCUT2D eigenvalue weighted by Gasteiger charge is 2.69. The molecule has 1 saturated heterocycles. The number of amides is 2. The lowest BCUT2D eigenvalue weighted by molar-refractivity contribution is -0.198. The molecular formula is C28H36F3N5O3. The monoisotopic (exact) mass is 547 g/mol. The standard InChI is InChI=1S/C28H36F3N5O3/c1-26(2,3)18-9-11-20(12-10-18)36(24(38)22-15-21(37)16-34-22)27(28(29,30)31,23-17-32-13-14-33-23)25(39)35-19-7-5-4-6-8-19/h9-14,17,19,21-22,34,37H,4-8,15-16H2,1-3H3,(H,35,39)/t21-,22-,27?/m1/s1. The van der Waals surface area contributed by atoms with Gasteiger partial charge in [0, 0.05) is 30.7 Å². The quantitative estimate of drug-likeness (QED) is 0.509. The average Bonchev–Trinajstić information content (AvgIpc) is 3.33. The van der Waals surface area contributed by atoms with Crippen molar-refractivity contribution in [3.63, 3.8) is 0 Å². The normalized spacial score (nSPS) is 22.2. The molecule has 212 valence electrons. The number of aliphatic hydroxyl groups excluding tert-OH is 1. The molecule has 0 bridgehead atoms. The number of aromatic nitrogens is 2. The number of anilines is 1. The van der Waals surface area contributed by atoms with Gasteiger partial charge in [0.2, 0.25) is 5.91 Å². The van der Waals surface area contributed by atoms with E-state index >= 15 is 13.2 Å². The average molecular weight is 548 g/mol. The fourth-order valence-corrected chi connectivity index (χ4v) is 5.41. The minimum atomic E-state index is -5.28. The topological polar surface area (TPSA) is 107 Å². The lowest BCUT2D eigenvalue weighted by Gasteiger charge is -2.44. The van der Waals surface area contributed by atoms with Gasteiger partial charge in [-0.15, -0.1) is 0 Å². The number of halogens is 3. The molecule has 2 heterocycles. The molecule has 3 atom stereocenters. The zero-order valence-electron chi connectivity index (χ0n) is 22.5. The Morgan fingerprint density at radius 1 is 1.05 bits per heavy atom. The fraction of sp³-hybridized carbons (Fsp3) is 0.571. The van der Waals surface area contributed by atoms with Gasteiger partial charge in [0.25, 0.3) is 11.4 Å². The minimum absolute atomic E-state index is 0.0473. The van der Waals surface area contributed by atoms with Crippen molar-refractivity contribution < 1.29 is 27.9 Å². The second-order valence-corrected chi connectivity index (χ2v) is 11.4. The first-order valence-electron chi connectivity index (χ1n) is 13.4. The third-order valence-electron chi connectivity index (χ3n) is 7.57. The molecule has 1 aromatic heterocycles. The summed E-state index contributed by atoms with van der Waals surface area (Å²) in [6.45, 7) is 5.94. The summed E-state index contributed by atoms with van der Waals surface area (Å²) in [5.41, 5.74) is -3.78. The SMILES string of the molecule is CC(C)(C)c1ccc(N(C(=O)[C@H]2C[C@@H](O)CN2)C(C(=O)NC2CCCCC2)(c2cnccn2)C(F)(F)F)cc1. The molecule has 39 heavy (non-hydrogen) atoms. The van der Waals surface area contributed by atoms with Gasteiger partial charge in [-0.25, -0.2) is 0 Å². The number of alkyl halides is 3. The van der Waals surface area contributed by atoms with Crippen LogP contribution in [0.5, 0.6) is 0 Å². The number of nitrogens with zero attached hydrogens (tertiary/aromatic N) is 3. The van der Waals surface area contributed by atoms with Crippen LogP contribution in [-0.4, -0.2) is 57.8 Å². The van der Waals surface area contributed by atoms with Crippen LogP contribution in [0, 0.1) is 0 Å². The summed E-state index contributed by atoms with van der Waals surface area (Å²) in [6, 6.07) is 4.56. The largest absolute Gasteiger partial charge is 0.427 e. The summed E-state index contributed by atoms with van der Waals surface area (Å²) in [6.07, 6.45) is 0.509. The number of hydrogen-bond acceptors (Lipinski definition) is 6. The second kappa shape index (κ2) is 11.2. The molecule has 0 spiro atoms. The Hall–Kier alpha value is -3.05. The number of carbonyl (C=O) groups is 2. The fourth-order valence-electron chi connectivity index (χ4n) is 5.41. The van der Waals surface area contributed by atoms with Crippen LogP contribution in [0.25, 0.3) is 0 Å². The van der Waals surface area contributed by atoms with Gasteiger partial charge in [-0.2, -0.15) is 13.2 Å². The number of β-amino-alcohol motifs (C(OH)–C–C–N with tert-alkyl or cyclic N) is 1. The van der Waals surface area contributed by atoms with Crippen LogP contribution in [0.15, 0.2) is 42.9 Å². The number of rotatable bonds is 6. The second-order valence-electron chi connectivity index (χ2n) is 11.4. The maximum atomic E-state index is 15.6. The number of nitrogens with one attached hydrogen (secondary N) is 2. The first kappa shape index (κ1) is 28.9. The molecule has 3 N–H and O–H groups in total. The van der Waals surface area contributed by atoms with Crippen molar-refractivity contribution in [2.75, 3.05) is 11.4 Å². The molecule has 1 aliphatic carbocycles. The maximum Gasteiger partial charge on any atom is 0.427 e. The van der Waals surface area contributed by atoms with E-state index < -0.39 is 47.4 Å². The summed E-state index contributed by atoms with van der Waals surface area (Å²) in [4.78, 5) is 36.4. The van der Waals surface area contributed by atoms with Crippen molar-refractivity contribution >= 4 is 17.5 Å². The molecule has 8 nitrogen and oxygen atoms in total. The third kappa shape index (κ3) is 5.79. The Morgan fingerprint density at radius 2 is 1.72 bits per heavy atom. The Balaban J connectivity index is 1.94. The highest BCUT2D eigenvalue weighted by molar-refractivity contribution is 6.06. The van der Waals surface area contributed by atoms with Crippen molar-refractivity contribution in [3.05, 3.63) is 54.1 Å². The zero-order valence-corrected chi connectivity index (χ0v) is 22.5. The molecule has 11 heteroatoms. The van der Waals surface area contributed by atoms with E-state index in [1.54, 1.807) is 12.1 Å². The van der Waals surface area contributed by atoms with Crippen LogP contribution in [-0.2, 0) is 20.5 Å². The Morgan fingerprint density at radius 3 is 2.23 bits per heavy atom. The summed E-state index contributed by atoms with van der Waals surface area (Å²) in [7, 11) is 0. The molecule has 4 rings (SSSR count). The van der Waals surface area contributed by atoms with E-state index in [0.717, 1.165) is 37.2 Å². The van der Waals surface area contributed by atoms with Crippen molar-refractivity contribution in [1.29, 1.82) is 0 Å². The van der Waals surface area contributed by atoms with Gasteiger partial charge in [0.15, 0.2) is 0 Å². The smallest absolute Gasteiger partial charge is 0.392 e. The van der Waals surface area contributed by atoms with E-state index in [4.69, 9.17) is 0 Å². The highest BCUT2D eigenvalue weighted by atomic mass is 19.4. The molecule has 2 aliphatic rings. The molecule has 2 aromatic rings.